The Kier molecular flexibility index (Phi) is 9.49. The summed E-state index contributed by atoms with van der Waals surface area (Å²) in [5.74, 6) is 0. The first-order valence-electron chi connectivity index (χ1n) is 26.6. The van der Waals surface area contributed by atoms with E-state index in [1.54, 1.807) is 0 Å². The van der Waals surface area contributed by atoms with Crippen LogP contribution in [0.5, 0.6) is 0 Å². The summed E-state index contributed by atoms with van der Waals surface area (Å²) in [5.41, 5.74) is 23.2. The van der Waals surface area contributed by atoms with Gasteiger partial charge in [0.2, 0.25) is 0 Å². The molecule has 0 saturated heterocycles. The van der Waals surface area contributed by atoms with Crippen molar-refractivity contribution in [3.63, 3.8) is 0 Å². The van der Waals surface area contributed by atoms with Gasteiger partial charge >= 0.3 is 6.85 Å². The number of benzene rings is 7. The molecule has 0 radical (unpaired) electrons. The molecule has 0 amide bonds. The topological polar surface area (TPSA) is 6.48 Å². The van der Waals surface area contributed by atoms with E-state index in [2.05, 4.69) is 235 Å². The van der Waals surface area contributed by atoms with Crippen LogP contribution in [0, 0.1) is 0 Å². The van der Waals surface area contributed by atoms with Crippen molar-refractivity contribution in [2.75, 3.05) is 9.71 Å². The third-order valence-electron chi connectivity index (χ3n) is 17.8. The molecular formula is C67H69BN2S2. The van der Waals surface area contributed by atoms with Gasteiger partial charge in [0.15, 0.2) is 0 Å². The molecule has 2 aliphatic heterocycles. The zero-order chi connectivity index (χ0) is 50.6. The molecule has 0 atom stereocenters. The molecular weight excluding hydrogens is 908 g/mol. The predicted molar refractivity (Wildman–Crippen MR) is 317 cm³/mol. The number of fused-ring (bicyclic) bond motifs is 14. The molecule has 4 heterocycles. The highest BCUT2D eigenvalue weighted by Crippen LogP contribution is 2.60. The van der Waals surface area contributed by atoms with Gasteiger partial charge in [0, 0.05) is 68.8 Å². The molecule has 9 aromatic rings. The smallest absolute Gasteiger partial charge is 0.343 e. The van der Waals surface area contributed by atoms with Crippen LogP contribution in [0.25, 0.3) is 52.5 Å². The van der Waals surface area contributed by atoms with E-state index in [-0.39, 0.29) is 39.3 Å². The summed E-state index contributed by atoms with van der Waals surface area (Å²) in [5, 5.41) is 4.10. The third-order valence-corrected chi connectivity index (χ3v) is 20.1. The van der Waals surface area contributed by atoms with Crippen LogP contribution in [0.15, 0.2) is 121 Å². The minimum Gasteiger partial charge on any atom is -0.376 e. The van der Waals surface area contributed by atoms with Gasteiger partial charge in [-0.05, 0) is 168 Å². The summed E-state index contributed by atoms with van der Waals surface area (Å²) in [4.78, 5) is 5.52. The zero-order valence-corrected chi connectivity index (χ0v) is 46.9. The van der Waals surface area contributed by atoms with Gasteiger partial charge in [-0.1, -0.05) is 158 Å². The minimum atomic E-state index is -0.267. The first-order valence-corrected chi connectivity index (χ1v) is 28.2. The minimum absolute atomic E-state index is 0.0160. The standard InChI is InChI=1S/C67H69BN2S2/c1-62(2,3)38-20-25-41(26-21-38)69-59-49-32-40(64(7,8)9)24-29-54(49)72-61(59)68-58-48(34-47-43-18-16-17-19-50(43)67(14,15)57(47)60(58)69)44-33-45-46-35-51-52(66(12,13)31-30-65(51,10)11)36-55(46)71-56(45)37-53(44)70(68)42-27-22-39(23-28-42)63(4,5)6/h16-29,32-37H,30-31H2,1-15H3. The Balaban J connectivity index is 1.20. The number of rotatable bonds is 2. The van der Waals surface area contributed by atoms with Gasteiger partial charge in [0.25, 0.3) is 0 Å². The average molecular weight is 977 g/mol. The molecule has 72 heavy (non-hydrogen) atoms. The molecule has 0 saturated carbocycles. The molecule has 0 unspecified atom stereocenters. The lowest BCUT2D eigenvalue weighted by Gasteiger charge is -2.46. The van der Waals surface area contributed by atoms with Crippen molar-refractivity contribution in [3.05, 3.63) is 160 Å². The Hall–Kier alpha value is -5.62. The molecule has 13 rings (SSSR count). The second kappa shape index (κ2) is 14.8. The van der Waals surface area contributed by atoms with Crippen LogP contribution in [-0.2, 0) is 32.5 Å². The second-order valence-corrected chi connectivity index (χ2v) is 29.1. The summed E-state index contributed by atoms with van der Waals surface area (Å²) in [6, 6.07) is 49.0. The van der Waals surface area contributed by atoms with Crippen molar-refractivity contribution in [2.24, 2.45) is 0 Å². The zero-order valence-electron chi connectivity index (χ0n) is 45.2. The molecule has 0 N–H and O–H groups in total. The lowest BCUT2D eigenvalue weighted by Crippen LogP contribution is -2.61. The van der Waals surface area contributed by atoms with E-state index in [1.165, 1.54) is 143 Å². The van der Waals surface area contributed by atoms with E-state index in [1.807, 2.05) is 22.7 Å². The van der Waals surface area contributed by atoms with Crippen molar-refractivity contribution in [1.82, 2.24) is 0 Å². The van der Waals surface area contributed by atoms with Crippen LogP contribution in [0.4, 0.5) is 28.4 Å². The molecule has 4 aliphatic rings. The second-order valence-electron chi connectivity index (χ2n) is 26.9. The fraction of sp³-hybridized carbons (Fsp3) is 0.343. The highest BCUT2D eigenvalue weighted by Gasteiger charge is 2.52. The fourth-order valence-electron chi connectivity index (χ4n) is 13.3. The predicted octanol–water partition coefficient (Wildman–Crippen LogP) is 18.5. The molecule has 7 aromatic carbocycles. The van der Waals surface area contributed by atoms with E-state index >= 15 is 0 Å². The lowest BCUT2D eigenvalue weighted by molar-refractivity contribution is 0.332. The van der Waals surface area contributed by atoms with Crippen LogP contribution < -0.4 is 20.0 Å². The van der Waals surface area contributed by atoms with Gasteiger partial charge in [-0.2, -0.15) is 0 Å². The quantitative estimate of drug-likeness (QED) is 0.159. The summed E-state index contributed by atoms with van der Waals surface area (Å²) >= 11 is 4.00. The molecule has 0 fully saturated rings. The highest BCUT2D eigenvalue weighted by atomic mass is 32.1. The molecule has 362 valence electrons. The van der Waals surface area contributed by atoms with E-state index in [4.69, 9.17) is 0 Å². The fourth-order valence-corrected chi connectivity index (χ4v) is 15.8. The molecule has 2 nitrogen and oxygen atoms in total. The lowest BCUT2D eigenvalue weighted by atomic mass is 9.46. The van der Waals surface area contributed by atoms with Crippen LogP contribution in [0.2, 0.25) is 0 Å². The van der Waals surface area contributed by atoms with E-state index in [0.717, 1.165) is 0 Å². The maximum Gasteiger partial charge on any atom is 0.343 e. The molecule has 0 spiro atoms. The molecule has 5 heteroatoms. The van der Waals surface area contributed by atoms with Crippen LogP contribution in [0.1, 0.15) is 156 Å². The number of anilines is 5. The molecule has 2 aromatic heterocycles. The number of nitrogens with zero attached hydrogens (tertiary/aromatic N) is 2. The Morgan fingerprint density at radius 3 is 1.67 bits per heavy atom. The van der Waals surface area contributed by atoms with Gasteiger partial charge < -0.3 is 9.71 Å². The largest absolute Gasteiger partial charge is 0.376 e. The third kappa shape index (κ3) is 6.51. The Labute approximate surface area is 437 Å². The monoisotopic (exact) mass is 976 g/mol. The van der Waals surface area contributed by atoms with Crippen molar-refractivity contribution < 1.29 is 0 Å². The first-order chi connectivity index (χ1) is 33.8. The van der Waals surface area contributed by atoms with Gasteiger partial charge in [0.05, 0.1) is 5.69 Å². The maximum absolute atomic E-state index is 2.77. The van der Waals surface area contributed by atoms with Crippen LogP contribution in [0.3, 0.4) is 0 Å². The number of thiophene rings is 2. The van der Waals surface area contributed by atoms with Gasteiger partial charge in [-0.3, -0.25) is 0 Å². The van der Waals surface area contributed by atoms with E-state index in [0.29, 0.717) is 0 Å². The molecule has 2 aliphatic carbocycles. The van der Waals surface area contributed by atoms with Crippen molar-refractivity contribution in [1.29, 1.82) is 0 Å². The first kappa shape index (κ1) is 46.2. The van der Waals surface area contributed by atoms with Crippen LogP contribution in [-0.4, -0.2) is 6.85 Å². The van der Waals surface area contributed by atoms with E-state index < -0.39 is 0 Å². The summed E-state index contributed by atoms with van der Waals surface area (Å²) < 4.78 is 5.49. The van der Waals surface area contributed by atoms with Crippen molar-refractivity contribution in [3.8, 4) is 22.3 Å². The average Bonchev–Trinajstić information content (AvgIpc) is 3.95. The van der Waals surface area contributed by atoms with Gasteiger partial charge in [-0.25, -0.2) is 0 Å². The normalized spacial score (nSPS) is 17.2. The Bertz CT molecular complexity index is 3780. The highest BCUT2D eigenvalue weighted by molar-refractivity contribution is 7.32. The summed E-state index contributed by atoms with van der Waals surface area (Å²) in [7, 11) is 0. The summed E-state index contributed by atoms with van der Waals surface area (Å²) in [6.07, 6.45) is 2.41. The maximum atomic E-state index is 2.77. The van der Waals surface area contributed by atoms with Crippen molar-refractivity contribution in [2.45, 2.75) is 149 Å². The van der Waals surface area contributed by atoms with Gasteiger partial charge in [-0.15, -0.1) is 22.7 Å². The Morgan fingerprint density at radius 1 is 0.458 bits per heavy atom. The van der Waals surface area contributed by atoms with E-state index in [9.17, 15) is 0 Å². The Morgan fingerprint density at radius 2 is 1.03 bits per heavy atom. The summed E-state index contributed by atoms with van der Waals surface area (Å²) in [6.45, 7) is 35.8. The number of hydrogen-bond donors (Lipinski definition) is 0. The van der Waals surface area contributed by atoms with Gasteiger partial charge in [0.1, 0.15) is 0 Å². The molecule has 0 bridgehead atoms. The van der Waals surface area contributed by atoms with Crippen molar-refractivity contribution >= 4 is 98.5 Å². The number of hydrogen-bond acceptors (Lipinski definition) is 4. The van der Waals surface area contributed by atoms with Crippen LogP contribution >= 0.6 is 22.7 Å². The SMILES string of the molecule is CC(C)(C)c1ccc(N2B3c4sc5ccc(C(C)(C)C)cc5c4N(c4ccc(C(C)(C)C)cc4)c4c3c(cc3c4C(C)(C)c4ccccc4-3)-c3cc4c(cc32)sc2cc3c(cc24)C(C)(C)CCC3(C)C)cc1.